The summed E-state index contributed by atoms with van der Waals surface area (Å²) in [4.78, 5) is 35.5. The van der Waals surface area contributed by atoms with Crippen LogP contribution in [-0.4, -0.2) is 29.2 Å². The van der Waals surface area contributed by atoms with E-state index in [1.807, 2.05) is 20.1 Å². The summed E-state index contributed by atoms with van der Waals surface area (Å²) in [5.74, 6) is -0.513. The van der Waals surface area contributed by atoms with Crippen LogP contribution in [0.3, 0.4) is 0 Å². The zero-order valence-corrected chi connectivity index (χ0v) is 16.6. The standard InChI is InChI=1S/C19H22N4O4S/c1-12(2)21-19(25)22-14-6-4-13(5-7-14)11-20-18(24)16-10-15(28-3)8-9-17(16)23(26)27/h4-10,12H,11H2,1-3H3,(H,20,24)(H2,21,22,25). The molecule has 0 fully saturated rings. The van der Waals surface area contributed by atoms with Gasteiger partial charge in [0, 0.05) is 29.2 Å². The third-order valence-corrected chi connectivity index (χ3v) is 4.46. The van der Waals surface area contributed by atoms with Crippen LogP contribution in [0.4, 0.5) is 16.2 Å². The van der Waals surface area contributed by atoms with E-state index in [4.69, 9.17) is 0 Å². The maximum Gasteiger partial charge on any atom is 0.319 e. The van der Waals surface area contributed by atoms with Crippen LogP contribution in [-0.2, 0) is 6.54 Å². The van der Waals surface area contributed by atoms with Gasteiger partial charge in [0.1, 0.15) is 5.56 Å². The molecule has 3 amide bonds. The quantitative estimate of drug-likeness (QED) is 0.371. The Morgan fingerprint density at radius 1 is 1.14 bits per heavy atom. The van der Waals surface area contributed by atoms with Gasteiger partial charge in [0.2, 0.25) is 0 Å². The van der Waals surface area contributed by atoms with Gasteiger partial charge in [0.05, 0.1) is 4.92 Å². The summed E-state index contributed by atoms with van der Waals surface area (Å²) in [5.41, 5.74) is 1.22. The largest absolute Gasteiger partial charge is 0.348 e. The second-order valence-electron chi connectivity index (χ2n) is 6.27. The second kappa shape index (κ2) is 9.75. The minimum Gasteiger partial charge on any atom is -0.348 e. The zero-order chi connectivity index (χ0) is 20.7. The van der Waals surface area contributed by atoms with Crippen molar-refractivity contribution in [3.63, 3.8) is 0 Å². The number of urea groups is 1. The van der Waals surface area contributed by atoms with Gasteiger partial charge < -0.3 is 16.0 Å². The van der Waals surface area contributed by atoms with Crippen LogP contribution in [0.2, 0.25) is 0 Å². The molecule has 0 spiro atoms. The van der Waals surface area contributed by atoms with Crippen molar-refractivity contribution in [2.75, 3.05) is 11.6 Å². The third kappa shape index (κ3) is 5.98. The number of hydrogen-bond donors (Lipinski definition) is 3. The Balaban J connectivity index is 2.01. The van der Waals surface area contributed by atoms with Gasteiger partial charge in [-0.2, -0.15) is 0 Å². The summed E-state index contributed by atoms with van der Waals surface area (Å²) >= 11 is 1.40. The first-order valence-corrected chi connectivity index (χ1v) is 9.79. The molecule has 0 saturated carbocycles. The fourth-order valence-corrected chi connectivity index (χ4v) is 2.84. The van der Waals surface area contributed by atoms with Gasteiger partial charge in [-0.3, -0.25) is 14.9 Å². The van der Waals surface area contributed by atoms with E-state index in [0.717, 1.165) is 10.5 Å². The zero-order valence-electron chi connectivity index (χ0n) is 15.8. The van der Waals surface area contributed by atoms with Crippen LogP contribution in [0.5, 0.6) is 0 Å². The number of hydrogen-bond acceptors (Lipinski definition) is 5. The molecular weight excluding hydrogens is 380 g/mol. The molecule has 2 rings (SSSR count). The summed E-state index contributed by atoms with van der Waals surface area (Å²) in [6, 6.07) is 11.2. The predicted octanol–water partition coefficient (Wildman–Crippen LogP) is 3.78. The number of benzene rings is 2. The maximum absolute atomic E-state index is 12.4. The molecule has 0 aliphatic rings. The molecular formula is C19H22N4O4S. The van der Waals surface area contributed by atoms with Crippen molar-refractivity contribution < 1.29 is 14.5 Å². The van der Waals surface area contributed by atoms with E-state index < -0.39 is 10.8 Å². The Kier molecular flexibility index (Phi) is 7.39. The summed E-state index contributed by atoms with van der Waals surface area (Å²) in [6.45, 7) is 3.94. The number of carbonyl (C=O) groups excluding carboxylic acids is 2. The van der Waals surface area contributed by atoms with E-state index in [2.05, 4.69) is 16.0 Å². The lowest BCUT2D eigenvalue weighted by Crippen LogP contribution is -2.34. The normalized spacial score (nSPS) is 10.4. The number of thioether (sulfide) groups is 1. The van der Waals surface area contributed by atoms with Gasteiger partial charge in [-0.25, -0.2) is 4.79 Å². The molecule has 0 aliphatic carbocycles. The molecule has 148 valence electrons. The number of nitro benzene ring substituents is 1. The minimum absolute atomic E-state index is 0.0282. The lowest BCUT2D eigenvalue weighted by atomic mass is 10.1. The van der Waals surface area contributed by atoms with Crippen molar-refractivity contribution in [2.24, 2.45) is 0 Å². The molecule has 3 N–H and O–H groups in total. The highest BCUT2D eigenvalue weighted by Gasteiger charge is 2.20. The Labute approximate surface area is 167 Å². The van der Waals surface area contributed by atoms with Crippen molar-refractivity contribution in [1.82, 2.24) is 10.6 Å². The van der Waals surface area contributed by atoms with Crippen LogP contribution in [0.25, 0.3) is 0 Å². The molecule has 0 aromatic heterocycles. The van der Waals surface area contributed by atoms with Crippen LogP contribution in [0, 0.1) is 10.1 Å². The molecule has 8 nitrogen and oxygen atoms in total. The summed E-state index contributed by atoms with van der Waals surface area (Å²) < 4.78 is 0. The van der Waals surface area contributed by atoms with Gasteiger partial charge in [0.15, 0.2) is 0 Å². The van der Waals surface area contributed by atoms with E-state index in [9.17, 15) is 19.7 Å². The first kappa shape index (κ1) is 21.2. The number of nitro groups is 1. The molecule has 0 saturated heterocycles. The van der Waals surface area contributed by atoms with Crippen LogP contribution in [0.1, 0.15) is 29.8 Å². The average molecular weight is 402 g/mol. The monoisotopic (exact) mass is 402 g/mol. The highest BCUT2D eigenvalue weighted by molar-refractivity contribution is 7.98. The third-order valence-electron chi connectivity index (χ3n) is 3.73. The Bertz CT molecular complexity index is 869. The van der Waals surface area contributed by atoms with Crippen molar-refractivity contribution in [2.45, 2.75) is 31.3 Å². The smallest absolute Gasteiger partial charge is 0.319 e. The predicted molar refractivity (Wildman–Crippen MR) is 110 cm³/mol. The topological polar surface area (TPSA) is 113 Å². The SMILES string of the molecule is CSc1ccc([N+](=O)[O-])c(C(=O)NCc2ccc(NC(=O)NC(C)C)cc2)c1. The summed E-state index contributed by atoms with van der Waals surface area (Å²) in [6.07, 6.45) is 1.83. The molecule has 0 unspecified atom stereocenters. The van der Waals surface area contributed by atoms with Gasteiger partial charge in [-0.1, -0.05) is 12.1 Å². The highest BCUT2D eigenvalue weighted by atomic mass is 32.2. The van der Waals surface area contributed by atoms with Crippen LogP contribution < -0.4 is 16.0 Å². The van der Waals surface area contributed by atoms with Crippen molar-refractivity contribution in [3.05, 3.63) is 63.7 Å². The lowest BCUT2D eigenvalue weighted by molar-refractivity contribution is -0.385. The number of carbonyl (C=O) groups is 2. The molecule has 2 aromatic carbocycles. The highest BCUT2D eigenvalue weighted by Crippen LogP contribution is 2.24. The van der Waals surface area contributed by atoms with Crippen LogP contribution in [0.15, 0.2) is 47.4 Å². The van der Waals surface area contributed by atoms with E-state index in [0.29, 0.717) is 5.69 Å². The molecule has 0 bridgehead atoms. The number of nitrogens with one attached hydrogen (secondary N) is 3. The van der Waals surface area contributed by atoms with E-state index >= 15 is 0 Å². The fourth-order valence-electron chi connectivity index (χ4n) is 2.40. The maximum atomic E-state index is 12.4. The van der Waals surface area contributed by atoms with Gasteiger partial charge in [-0.15, -0.1) is 11.8 Å². The summed E-state index contributed by atoms with van der Waals surface area (Å²) in [7, 11) is 0. The van der Waals surface area contributed by atoms with Crippen molar-refractivity contribution >= 4 is 35.1 Å². The van der Waals surface area contributed by atoms with E-state index in [1.54, 1.807) is 30.3 Å². The first-order chi connectivity index (χ1) is 13.3. The first-order valence-electron chi connectivity index (χ1n) is 8.57. The number of anilines is 1. The average Bonchev–Trinajstić information content (AvgIpc) is 2.65. The molecule has 0 atom stereocenters. The van der Waals surface area contributed by atoms with Gasteiger partial charge >= 0.3 is 6.03 Å². The number of rotatable bonds is 7. The van der Waals surface area contributed by atoms with Crippen LogP contribution >= 0.6 is 11.8 Å². The molecule has 0 radical (unpaired) electrons. The Morgan fingerprint density at radius 3 is 2.39 bits per heavy atom. The van der Waals surface area contributed by atoms with Gasteiger partial charge in [0.25, 0.3) is 11.6 Å². The van der Waals surface area contributed by atoms with Gasteiger partial charge in [-0.05, 0) is 49.9 Å². The number of nitrogens with zero attached hydrogens (tertiary/aromatic N) is 1. The lowest BCUT2D eigenvalue weighted by Gasteiger charge is -2.11. The molecule has 0 heterocycles. The molecule has 28 heavy (non-hydrogen) atoms. The molecule has 9 heteroatoms. The molecule has 0 aliphatic heterocycles. The van der Waals surface area contributed by atoms with Crippen molar-refractivity contribution in [3.8, 4) is 0 Å². The number of amides is 3. The Morgan fingerprint density at radius 2 is 1.82 bits per heavy atom. The molecule has 2 aromatic rings. The van der Waals surface area contributed by atoms with E-state index in [1.165, 1.54) is 23.9 Å². The fraction of sp³-hybridized carbons (Fsp3) is 0.263. The Hall–Kier alpha value is -3.07. The minimum atomic E-state index is -0.568. The van der Waals surface area contributed by atoms with Crippen molar-refractivity contribution in [1.29, 1.82) is 0 Å². The second-order valence-corrected chi connectivity index (χ2v) is 7.15. The van der Waals surface area contributed by atoms with E-state index in [-0.39, 0.29) is 29.9 Å². The summed E-state index contributed by atoms with van der Waals surface area (Å²) in [5, 5.41) is 19.3.